The van der Waals surface area contributed by atoms with Gasteiger partial charge in [-0.15, -0.1) is 12.4 Å². The van der Waals surface area contributed by atoms with E-state index in [1.807, 2.05) is 37.2 Å². The molecule has 3 rings (SSSR count). The van der Waals surface area contributed by atoms with Crippen LogP contribution in [0.15, 0.2) is 24.3 Å². The molecule has 3 N–H and O–H groups in total. The minimum atomic E-state index is 0. The van der Waals surface area contributed by atoms with Gasteiger partial charge in [-0.25, -0.2) is 4.98 Å². The maximum absolute atomic E-state index is 5.29. The fourth-order valence-electron chi connectivity index (χ4n) is 3.43. The summed E-state index contributed by atoms with van der Waals surface area (Å²) in [4.78, 5) is 11.5. The Hall–Kier alpha value is -1.86. The molecule has 8 heteroatoms. The van der Waals surface area contributed by atoms with Crippen molar-refractivity contribution < 1.29 is 0 Å². The van der Waals surface area contributed by atoms with Crippen LogP contribution in [0, 0.1) is 0 Å². The minimum Gasteiger partial charge on any atom is -0.363 e. The molecule has 1 fully saturated rings. The van der Waals surface area contributed by atoms with Crippen molar-refractivity contribution in [2.24, 2.45) is 0 Å². The van der Waals surface area contributed by atoms with Crippen LogP contribution in [0.1, 0.15) is 32.6 Å². The van der Waals surface area contributed by atoms with Gasteiger partial charge in [-0.05, 0) is 57.0 Å². The van der Waals surface area contributed by atoms with Crippen LogP contribution in [0.25, 0.3) is 10.9 Å². The van der Waals surface area contributed by atoms with Gasteiger partial charge in [0, 0.05) is 38.1 Å². The average molecular weight is 409 g/mol. The first-order valence-corrected chi connectivity index (χ1v) is 9.72. The molecule has 0 aliphatic heterocycles. The number of thiocarbonyl (C=S) groups is 1. The molecule has 0 radical (unpaired) electrons. The first kappa shape index (κ1) is 21.4. The molecule has 0 bridgehead atoms. The van der Waals surface area contributed by atoms with Crippen molar-refractivity contribution in [3.63, 3.8) is 0 Å². The fraction of sp³-hybridized carbons (Fsp3) is 0.526. The van der Waals surface area contributed by atoms with Crippen LogP contribution in [-0.2, 0) is 0 Å². The highest BCUT2D eigenvalue weighted by molar-refractivity contribution is 7.80. The number of fused-ring (bicyclic) bond motifs is 1. The number of nitrogens with one attached hydrogen (secondary N) is 3. The Bertz CT molecular complexity index is 761. The normalized spacial score (nSPS) is 19.1. The average Bonchev–Trinajstić information content (AvgIpc) is 2.63. The van der Waals surface area contributed by atoms with Crippen LogP contribution in [-0.4, -0.2) is 47.8 Å². The number of nitrogens with zero attached hydrogens (tertiary/aromatic N) is 3. The third-order valence-electron chi connectivity index (χ3n) is 4.74. The largest absolute Gasteiger partial charge is 0.363 e. The predicted octanol–water partition coefficient (Wildman–Crippen LogP) is 3.32. The first-order chi connectivity index (χ1) is 12.6. The smallest absolute Gasteiger partial charge is 0.225 e. The zero-order valence-corrected chi connectivity index (χ0v) is 17.8. The van der Waals surface area contributed by atoms with E-state index in [2.05, 4.69) is 28.9 Å². The Kier molecular flexibility index (Phi) is 7.86. The van der Waals surface area contributed by atoms with Crippen LogP contribution >= 0.6 is 24.6 Å². The van der Waals surface area contributed by atoms with Gasteiger partial charge in [0.1, 0.15) is 5.82 Å². The lowest BCUT2D eigenvalue weighted by atomic mass is 9.91. The third-order valence-corrected chi connectivity index (χ3v) is 5.00. The molecule has 0 atom stereocenters. The Morgan fingerprint density at radius 3 is 2.44 bits per heavy atom. The Balaban J connectivity index is 0.00000261. The lowest BCUT2D eigenvalue weighted by Crippen LogP contribution is -2.44. The number of hydrogen-bond donors (Lipinski definition) is 3. The van der Waals surface area contributed by atoms with Crippen LogP contribution in [0.4, 0.5) is 11.8 Å². The van der Waals surface area contributed by atoms with Gasteiger partial charge < -0.3 is 20.9 Å². The fourth-order valence-corrected chi connectivity index (χ4v) is 3.74. The maximum atomic E-state index is 5.29. The molecule has 0 saturated heterocycles. The number of benzene rings is 1. The number of rotatable bonds is 5. The Morgan fingerprint density at radius 1 is 1.11 bits per heavy atom. The summed E-state index contributed by atoms with van der Waals surface area (Å²) in [6.07, 6.45) is 4.36. The molecule has 1 saturated carbocycles. The zero-order chi connectivity index (χ0) is 18.5. The summed E-state index contributed by atoms with van der Waals surface area (Å²) in [5, 5.41) is 11.9. The summed E-state index contributed by atoms with van der Waals surface area (Å²) in [5.74, 6) is 1.66. The first-order valence-electron chi connectivity index (χ1n) is 9.31. The molecular formula is C19H29ClN6S. The van der Waals surface area contributed by atoms with E-state index in [1.165, 1.54) is 0 Å². The molecule has 6 nitrogen and oxygen atoms in total. The molecule has 0 amide bonds. The lowest BCUT2D eigenvalue weighted by molar-refractivity contribution is 0.385. The Labute approximate surface area is 172 Å². The van der Waals surface area contributed by atoms with Crippen molar-refractivity contribution in [3.05, 3.63) is 24.3 Å². The molecule has 2 aromatic rings. The van der Waals surface area contributed by atoms with Gasteiger partial charge in [-0.3, -0.25) is 0 Å². The van der Waals surface area contributed by atoms with E-state index < -0.39 is 0 Å². The van der Waals surface area contributed by atoms with Gasteiger partial charge in [0.15, 0.2) is 5.11 Å². The monoisotopic (exact) mass is 408 g/mol. The highest BCUT2D eigenvalue weighted by atomic mass is 35.5. The highest BCUT2D eigenvalue weighted by Gasteiger charge is 2.22. The lowest BCUT2D eigenvalue weighted by Gasteiger charge is -2.30. The van der Waals surface area contributed by atoms with Crippen molar-refractivity contribution in [3.8, 4) is 0 Å². The number of anilines is 2. The molecule has 1 aliphatic carbocycles. The van der Waals surface area contributed by atoms with Gasteiger partial charge in [0.05, 0.1) is 5.52 Å². The van der Waals surface area contributed by atoms with E-state index in [0.29, 0.717) is 18.0 Å². The number of hydrogen-bond acceptors (Lipinski definition) is 5. The number of halogens is 1. The summed E-state index contributed by atoms with van der Waals surface area (Å²) >= 11 is 5.29. The molecule has 0 spiro atoms. The molecule has 1 aromatic carbocycles. The molecule has 1 aromatic heterocycles. The second kappa shape index (κ2) is 9.90. The standard InChI is InChI=1S/C19H28N6S.ClH/c1-4-20-19(26)22-14-11-9-13(10-12-14)21-18-23-16-8-6-5-7-15(16)17(24-18)25(2)3;/h5-8,13-14H,4,9-12H2,1-3H3,(H2,20,22,26)(H,21,23,24);1H. The third kappa shape index (κ3) is 5.56. The molecule has 1 aliphatic rings. The van der Waals surface area contributed by atoms with Crippen LogP contribution < -0.4 is 20.9 Å². The maximum Gasteiger partial charge on any atom is 0.225 e. The van der Waals surface area contributed by atoms with Crippen LogP contribution in [0.2, 0.25) is 0 Å². The summed E-state index contributed by atoms with van der Waals surface area (Å²) in [5.41, 5.74) is 0.972. The Morgan fingerprint density at radius 2 is 1.78 bits per heavy atom. The zero-order valence-electron chi connectivity index (χ0n) is 16.2. The predicted molar refractivity (Wildman–Crippen MR) is 120 cm³/mol. The van der Waals surface area contributed by atoms with E-state index in [-0.39, 0.29) is 12.4 Å². The van der Waals surface area contributed by atoms with Gasteiger partial charge in [-0.1, -0.05) is 12.1 Å². The van der Waals surface area contributed by atoms with E-state index >= 15 is 0 Å². The van der Waals surface area contributed by atoms with E-state index in [9.17, 15) is 0 Å². The number of aromatic nitrogens is 2. The quantitative estimate of drug-likeness (QED) is 0.656. The van der Waals surface area contributed by atoms with Gasteiger partial charge in [-0.2, -0.15) is 4.98 Å². The van der Waals surface area contributed by atoms with Crippen LogP contribution in [0.5, 0.6) is 0 Å². The SMILES string of the molecule is CCNC(=S)NC1CCC(Nc2nc(N(C)C)c3ccccc3n2)CC1.Cl. The van der Waals surface area contributed by atoms with E-state index in [4.69, 9.17) is 22.2 Å². The summed E-state index contributed by atoms with van der Waals surface area (Å²) in [6.45, 7) is 2.91. The second-order valence-corrected chi connectivity index (χ2v) is 7.39. The van der Waals surface area contributed by atoms with Crippen LogP contribution in [0.3, 0.4) is 0 Å². The summed E-state index contributed by atoms with van der Waals surface area (Å²) in [6, 6.07) is 9.00. The summed E-state index contributed by atoms with van der Waals surface area (Å²) in [7, 11) is 4.03. The summed E-state index contributed by atoms with van der Waals surface area (Å²) < 4.78 is 0. The minimum absolute atomic E-state index is 0. The van der Waals surface area contributed by atoms with Crippen molar-refractivity contribution in [2.75, 3.05) is 30.9 Å². The van der Waals surface area contributed by atoms with Gasteiger partial charge in [0.2, 0.25) is 5.95 Å². The topological polar surface area (TPSA) is 65.1 Å². The van der Waals surface area contributed by atoms with Crippen molar-refractivity contribution in [2.45, 2.75) is 44.7 Å². The van der Waals surface area contributed by atoms with E-state index in [0.717, 1.165) is 54.1 Å². The molecular weight excluding hydrogens is 380 g/mol. The molecule has 1 heterocycles. The molecule has 0 unspecified atom stereocenters. The highest BCUT2D eigenvalue weighted by Crippen LogP contribution is 2.26. The second-order valence-electron chi connectivity index (χ2n) is 6.98. The number of para-hydroxylation sites is 1. The van der Waals surface area contributed by atoms with Crippen molar-refractivity contribution in [1.82, 2.24) is 20.6 Å². The molecule has 27 heavy (non-hydrogen) atoms. The van der Waals surface area contributed by atoms with Crippen molar-refractivity contribution >= 4 is 52.4 Å². The van der Waals surface area contributed by atoms with Gasteiger partial charge >= 0.3 is 0 Å². The molecule has 148 valence electrons. The van der Waals surface area contributed by atoms with Gasteiger partial charge in [0.25, 0.3) is 0 Å². The van der Waals surface area contributed by atoms with E-state index in [1.54, 1.807) is 0 Å². The van der Waals surface area contributed by atoms with Crippen molar-refractivity contribution in [1.29, 1.82) is 0 Å².